The molecule has 0 bridgehead atoms. The smallest absolute Gasteiger partial charge is 0.0250 e. The van der Waals surface area contributed by atoms with Crippen molar-refractivity contribution in [2.45, 2.75) is 70.5 Å². The molecular formula is C15H28N2. The quantitative estimate of drug-likeness (QED) is 0.810. The molecule has 17 heavy (non-hydrogen) atoms. The Hall–Kier alpha value is -0.0800. The Kier molecular flexibility index (Phi) is 3.45. The molecule has 2 heteroatoms. The Balaban J connectivity index is 1.57. The van der Waals surface area contributed by atoms with Gasteiger partial charge in [0.05, 0.1) is 0 Å². The fourth-order valence-electron chi connectivity index (χ4n) is 4.61. The van der Waals surface area contributed by atoms with Gasteiger partial charge in [0.25, 0.3) is 0 Å². The lowest BCUT2D eigenvalue weighted by Gasteiger charge is -2.28. The van der Waals surface area contributed by atoms with Gasteiger partial charge >= 0.3 is 0 Å². The number of rotatable bonds is 3. The van der Waals surface area contributed by atoms with Crippen LogP contribution in [0.25, 0.3) is 0 Å². The SMILES string of the molecule is CCC1CCC(NC2CCN3CCCC23)C1C. The molecule has 0 aromatic rings. The zero-order chi connectivity index (χ0) is 11.8. The summed E-state index contributed by atoms with van der Waals surface area (Å²) in [5.41, 5.74) is 0. The molecule has 0 amide bonds. The predicted octanol–water partition coefficient (Wildman–Crippen LogP) is 2.64. The average Bonchev–Trinajstić information content (AvgIpc) is 2.98. The Morgan fingerprint density at radius 2 is 1.94 bits per heavy atom. The van der Waals surface area contributed by atoms with Crippen LogP contribution in [0.2, 0.25) is 0 Å². The third-order valence-corrected chi connectivity index (χ3v) is 5.79. The van der Waals surface area contributed by atoms with Gasteiger partial charge in [-0.3, -0.25) is 4.90 Å². The van der Waals surface area contributed by atoms with Crippen LogP contribution in [0.3, 0.4) is 0 Å². The van der Waals surface area contributed by atoms with E-state index in [9.17, 15) is 0 Å². The zero-order valence-corrected chi connectivity index (χ0v) is 11.5. The third-order valence-electron chi connectivity index (χ3n) is 5.79. The molecule has 0 spiro atoms. The first-order valence-corrected chi connectivity index (χ1v) is 7.79. The minimum atomic E-state index is 0.806. The fraction of sp³-hybridized carbons (Fsp3) is 1.00. The van der Waals surface area contributed by atoms with Gasteiger partial charge in [0, 0.05) is 24.7 Å². The molecule has 1 saturated carbocycles. The van der Waals surface area contributed by atoms with Crippen LogP contribution >= 0.6 is 0 Å². The summed E-state index contributed by atoms with van der Waals surface area (Å²) in [6.45, 7) is 7.54. The van der Waals surface area contributed by atoms with Crippen LogP contribution in [0, 0.1) is 11.8 Å². The number of hydrogen-bond donors (Lipinski definition) is 1. The van der Waals surface area contributed by atoms with Gasteiger partial charge in [0.2, 0.25) is 0 Å². The zero-order valence-electron chi connectivity index (χ0n) is 11.5. The second-order valence-electron chi connectivity index (χ2n) is 6.52. The van der Waals surface area contributed by atoms with Crippen molar-refractivity contribution in [3.63, 3.8) is 0 Å². The van der Waals surface area contributed by atoms with Crippen LogP contribution in [0.5, 0.6) is 0 Å². The average molecular weight is 236 g/mol. The normalized spacial score (nSPS) is 46.6. The number of nitrogens with zero attached hydrogens (tertiary/aromatic N) is 1. The second kappa shape index (κ2) is 4.89. The van der Waals surface area contributed by atoms with Gasteiger partial charge in [-0.2, -0.15) is 0 Å². The van der Waals surface area contributed by atoms with E-state index in [4.69, 9.17) is 0 Å². The summed E-state index contributed by atoms with van der Waals surface area (Å²) in [5, 5.41) is 4.02. The monoisotopic (exact) mass is 236 g/mol. The van der Waals surface area contributed by atoms with Gasteiger partial charge < -0.3 is 5.32 Å². The second-order valence-corrected chi connectivity index (χ2v) is 6.52. The minimum absolute atomic E-state index is 0.806. The van der Waals surface area contributed by atoms with Crippen molar-refractivity contribution >= 4 is 0 Å². The highest BCUT2D eigenvalue weighted by molar-refractivity contribution is 4.98. The number of hydrogen-bond acceptors (Lipinski definition) is 2. The van der Waals surface area contributed by atoms with E-state index < -0.39 is 0 Å². The molecule has 5 atom stereocenters. The Morgan fingerprint density at radius 3 is 2.71 bits per heavy atom. The molecule has 1 aliphatic carbocycles. The van der Waals surface area contributed by atoms with E-state index in [0.717, 1.165) is 30.0 Å². The summed E-state index contributed by atoms with van der Waals surface area (Å²) < 4.78 is 0. The molecular weight excluding hydrogens is 208 g/mol. The summed E-state index contributed by atoms with van der Waals surface area (Å²) in [4.78, 5) is 2.72. The molecule has 98 valence electrons. The van der Waals surface area contributed by atoms with Crippen LogP contribution in [0.1, 0.15) is 52.4 Å². The van der Waals surface area contributed by atoms with Crippen molar-refractivity contribution in [3.8, 4) is 0 Å². The van der Waals surface area contributed by atoms with Crippen molar-refractivity contribution in [1.29, 1.82) is 0 Å². The lowest BCUT2D eigenvalue weighted by molar-refractivity contribution is 0.267. The maximum absolute atomic E-state index is 4.02. The lowest BCUT2D eigenvalue weighted by Crippen LogP contribution is -2.46. The maximum Gasteiger partial charge on any atom is 0.0250 e. The first-order chi connectivity index (χ1) is 8.29. The van der Waals surface area contributed by atoms with Gasteiger partial charge in [-0.05, 0) is 50.5 Å². The molecule has 2 aliphatic heterocycles. The first-order valence-electron chi connectivity index (χ1n) is 7.79. The summed E-state index contributed by atoms with van der Waals surface area (Å²) in [6.07, 6.45) is 8.51. The van der Waals surface area contributed by atoms with Crippen LogP contribution < -0.4 is 5.32 Å². The molecule has 5 unspecified atom stereocenters. The molecule has 2 nitrogen and oxygen atoms in total. The van der Waals surface area contributed by atoms with Crippen LogP contribution in [0.4, 0.5) is 0 Å². The molecule has 0 aromatic carbocycles. The molecule has 0 aromatic heterocycles. The summed E-state index contributed by atoms with van der Waals surface area (Å²) in [6, 6.07) is 2.49. The van der Waals surface area contributed by atoms with Crippen molar-refractivity contribution in [2.75, 3.05) is 13.1 Å². The highest BCUT2D eigenvalue weighted by Crippen LogP contribution is 2.36. The molecule has 3 rings (SSSR count). The highest BCUT2D eigenvalue weighted by Gasteiger charge is 2.40. The molecule has 0 radical (unpaired) electrons. The third kappa shape index (κ3) is 2.15. The highest BCUT2D eigenvalue weighted by atomic mass is 15.2. The number of fused-ring (bicyclic) bond motifs is 1. The largest absolute Gasteiger partial charge is 0.309 e. The van der Waals surface area contributed by atoms with Crippen LogP contribution in [-0.4, -0.2) is 36.1 Å². The predicted molar refractivity (Wildman–Crippen MR) is 72.1 cm³/mol. The van der Waals surface area contributed by atoms with Crippen LogP contribution in [0.15, 0.2) is 0 Å². The Bertz CT molecular complexity index is 266. The molecule has 3 fully saturated rings. The van der Waals surface area contributed by atoms with E-state index in [2.05, 4.69) is 24.1 Å². The van der Waals surface area contributed by atoms with Gasteiger partial charge in [0.1, 0.15) is 0 Å². The summed E-state index contributed by atoms with van der Waals surface area (Å²) >= 11 is 0. The first kappa shape index (κ1) is 12.0. The molecule has 2 saturated heterocycles. The minimum Gasteiger partial charge on any atom is -0.309 e. The molecule has 2 heterocycles. The summed E-state index contributed by atoms with van der Waals surface area (Å²) in [7, 11) is 0. The topological polar surface area (TPSA) is 15.3 Å². The van der Waals surface area contributed by atoms with Gasteiger partial charge in [-0.25, -0.2) is 0 Å². The number of nitrogens with one attached hydrogen (secondary N) is 1. The van der Waals surface area contributed by atoms with Gasteiger partial charge in [0.15, 0.2) is 0 Å². The summed E-state index contributed by atoms with van der Waals surface area (Å²) in [5.74, 6) is 1.88. The van der Waals surface area contributed by atoms with E-state index in [0.29, 0.717) is 0 Å². The molecule has 1 N–H and O–H groups in total. The van der Waals surface area contributed by atoms with Gasteiger partial charge in [-0.15, -0.1) is 0 Å². The van der Waals surface area contributed by atoms with Crippen molar-refractivity contribution < 1.29 is 0 Å². The van der Waals surface area contributed by atoms with E-state index >= 15 is 0 Å². The van der Waals surface area contributed by atoms with Crippen molar-refractivity contribution in [2.24, 2.45) is 11.8 Å². The van der Waals surface area contributed by atoms with Crippen LogP contribution in [-0.2, 0) is 0 Å². The Morgan fingerprint density at radius 1 is 1.06 bits per heavy atom. The lowest BCUT2D eigenvalue weighted by atomic mass is 9.92. The van der Waals surface area contributed by atoms with E-state index in [1.54, 1.807) is 0 Å². The van der Waals surface area contributed by atoms with Gasteiger partial charge in [-0.1, -0.05) is 20.3 Å². The molecule has 3 aliphatic rings. The Labute approximate surface area is 106 Å². The van der Waals surface area contributed by atoms with E-state index in [-0.39, 0.29) is 0 Å². The van der Waals surface area contributed by atoms with E-state index in [1.807, 2.05) is 0 Å². The van der Waals surface area contributed by atoms with Crippen molar-refractivity contribution in [3.05, 3.63) is 0 Å². The maximum atomic E-state index is 4.02. The fourth-order valence-corrected chi connectivity index (χ4v) is 4.61. The van der Waals surface area contributed by atoms with Crippen molar-refractivity contribution in [1.82, 2.24) is 10.2 Å². The standard InChI is InChI=1S/C15H28N2/c1-3-12-6-7-13(11(12)2)16-14-8-10-17-9-4-5-15(14)17/h11-16H,3-10H2,1-2H3. The van der Waals surface area contributed by atoms with E-state index in [1.165, 1.54) is 51.6 Å².